The van der Waals surface area contributed by atoms with Crippen LogP contribution < -0.4 is 39.0 Å². The van der Waals surface area contributed by atoms with Crippen LogP contribution in [0.2, 0.25) is 0 Å². The van der Waals surface area contributed by atoms with Gasteiger partial charge in [-0.3, -0.25) is 4.79 Å². The van der Waals surface area contributed by atoms with E-state index in [1.54, 1.807) is 35.1 Å². The number of para-hydroxylation sites is 1. The predicted octanol–water partition coefficient (Wildman–Crippen LogP) is -0.242. The van der Waals surface area contributed by atoms with E-state index in [1.165, 1.54) is 6.07 Å². The van der Waals surface area contributed by atoms with Crippen LogP contribution in [0, 0.1) is 0 Å². The molecule has 0 radical (unpaired) electrons. The molecule has 0 aliphatic carbocycles. The minimum atomic E-state index is -5.12. The van der Waals surface area contributed by atoms with Crippen LogP contribution in [0.5, 0.6) is 5.75 Å². The zero-order valence-electron chi connectivity index (χ0n) is 14.7. The molecule has 13 heteroatoms. The molecule has 146 valence electrons. The van der Waals surface area contributed by atoms with Crippen molar-refractivity contribution in [3.63, 3.8) is 0 Å². The average Bonchev–Trinajstić information content (AvgIpc) is 3.11. The van der Waals surface area contributed by atoms with Crippen molar-refractivity contribution in [1.82, 2.24) is 14.9 Å². The third-order valence-corrected chi connectivity index (χ3v) is 4.61. The summed E-state index contributed by atoms with van der Waals surface area (Å²) in [7, 11) is -4.72. The maximum atomic E-state index is 12.5. The van der Waals surface area contributed by atoms with Gasteiger partial charge in [0.2, 0.25) is 5.82 Å². The van der Waals surface area contributed by atoms with Gasteiger partial charge in [-0.05, 0) is 12.1 Å². The smallest absolute Gasteiger partial charge is 0.404 e. The van der Waals surface area contributed by atoms with Gasteiger partial charge in [0, 0.05) is 5.56 Å². The molecule has 2 aromatic carbocycles. The molecule has 29 heavy (non-hydrogen) atoms. The number of nitrogens with one attached hydrogen (secondary N) is 1. The SMILES string of the molecule is O=C(NS(=O)(=O)c1ccccc1OC(F)(F)F)c1nc(-c2ccccc2)no1.[Na+]. The van der Waals surface area contributed by atoms with Gasteiger partial charge in [0.05, 0.1) is 0 Å². The Morgan fingerprint density at radius 3 is 2.31 bits per heavy atom. The van der Waals surface area contributed by atoms with E-state index in [0.29, 0.717) is 5.56 Å². The molecule has 0 unspecified atom stereocenters. The Balaban J connectivity index is 0.00000300. The first-order valence-corrected chi connectivity index (χ1v) is 8.95. The number of ether oxygens (including phenoxy) is 1. The molecule has 0 saturated heterocycles. The largest absolute Gasteiger partial charge is 1.00 e. The zero-order chi connectivity index (χ0) is 20.4. The quantitative estimate of drug-likeness (QED) is 0.550. The number of halogens is 3. The van der Waals surface area contributed by atoms with E-state index in [-0.39, 0.29) is 35.4 Å². The Bertz CT molecular complexity index is 1100. The Kier molecular flexibility index (Phi) is 7.06. The van der Waals surface area contributed by atoms with Crippen molar-refractivity contribution in [2.45, 2.75) is 11.3 Å². The second-order valence-corrected chi connectivity index (χ2v) is 6.87. The van der Waals surface area contributed by atoms with Gasteiger partial charge < -0.3 is 9.26 Å². The van der Waals surface area contributed by atoms with Crippen LogP contribution in [0.1, 0.15) is 10.7 Å². The van der Waals surface area contributed by atoms with Crippen molar-refractivity contribution in [1.29, 1.82) is 0 Å². The van der Waals surface area contributed by atoms with Gasteiger partial charge in [0.25, 0.3) is 10.0 Å². The fraction of sp³-hybridized carbons (Fsp3) is 0.0625. The number of benzene rings is 2. The number of hydrogen-bond acceptors (Lipinski definition) is 7. The Labute approximate surface area is 184 Å². The number of aromatic nitrogens is 2. The van der Waals surface area contributed by atoms with Gasteiger partial charge in [-0.25, -0.2) is 13.1 Å². The summed E-state index contributed by atoms with van der Waals surface area (Å²) in [6, 6.07) is 12.3. The summed E-state index contributed by atoms with van der Waals surface area (Å²) in [5, 5.41) is 3.56. The Hall–Kier alpha value is -2.41. The number of sulfonamides is 1. The van der Waals surface area contributed by atoms with Gasteiger partial charge in [0.1, 0.15) is 10.6 Å². The normalized spacial score (nSPS) is 11.4. The molecular formula is C16H10F3N3NaO5S+. The summed E-state index contributed by atoms with van der Waals surface area (Å²) in [5.74, 6) is -2.96. The first-order chi connectivity index (χ1) is 13.2. The monoisotopic (exact) mass is 436 g/mol. The Morgan fingerprint density at radius 1 is 1.03 bits per heavy atom. The fourth-order valence-electron chi connectivity index (χ4n) is 2.12. The number of carbonyl (C=O) groups excluding carboxylic acids is 1. The van der Waals surface area contributed by atoms with Crippen LogP contribution in [0.4, 0.5) is 13.2 Å². The summed E-state index contributed by atoms with van der Waals surface area (Å²) < 4.78 is 72.0. The van der Waals surface area contributed by atoms with Gasteiger partial charge >= 0.3 is 47.7 Å². The maximum Gasteiger partial charge on any atom is 1.00 e. The molecule has 0 fully saturated rings. The molecule has 1 amide bonds. The molecular weight excluding hydrogens is 426 g/mol. The molecule has 0 aliphatic rings. The molecule has 0 aliphatic heterocycles. The zero-order valence-corrected chi connectivity index (χ0v) is 17.5. The second kappa shape index (κ2) is 8.95. The van der Waals surface area contributed by atoms with Crippen LogP contribution in [0.25, 0.3) is 11.4 Å². The van der Waals surface area contributed by atoms with E-state index in [4.69, 9.17) is 4.52 Å². The van der Waals surface area contributed by atoms with Crippen molar-refractivity contribution in [2.24, 2.45) is 0 Å². The van der Waals surface area contributed by atoms with Crippen LogP contribution in [0.15, 0.2) is 64.0 Å². The third-order valence-electron chi connectivity index (χ3n) is 3.24. The molecule has 1 N–H and O–H groups in total. The van der Waals surface area contributed by atoms with Crippen LogP contribution in [-0.4, -0.2) is 30.8 Å². The molecule has 1 aromatic heterocycles. The maximum absolute atomic E-state index is 12.5. The molecule has 3 aromatic rings. The van der Waals surface area contributed by atoms with E-state index >= 15 is 0 Å². The van der Waals surface area contributed by atoms with Gasteiger partial charge in [-0.15, -0.1) is 13.2 Å². The molecule has 3 rings (SSSR count). The van der Waals surface area contributed by atoms with Gasteiger partial charge in [-0.2, -0.15) is 4.98 Å². The topological polar surface area (TPSA) is 111 Å². The average molecular weight is 436 g/mol. The molecule has 8 nitrogen and oxygen atoms in total. The van der Waals surface area contributed by atoms with E-state index in [9.17, 15) is 26.4 Å². The molecule has 0 spiro atoms. The number of rotatable bonds is 5. The van der Waals surface area contributed by atoms with Crippen LogP contribution in [-0.2, 0) is 10.0 Å². The molecule has 0 bridgehead atoms. The van der Waals surface area contributed by atoms with Crippen molar-refractivity contribution in [3.05, 3.63) is 60.5 Å². The minimum absolute atomic E-state index is 0. The van der Waals surface area contributed by atoms with Crippen LogP contribution in [0.3, 0.4) is 0 Å². The summed E-state index contributed by atoms with van der Waals surface area (Å²) in [5.41, 5.74) is 0.511. The number of hydrogen-bond donors (Lipinski definition) is 1. The molecule has 0 saturated carbocycles. The Morgan fingerprint density at radius 2 is 1.66 bits per heavy atom. The summed E-state index contributed by atoms with van der Waals surface area (Å²) in [4.78, 5) is 15.0. The fourth-order valence-corrected chi connectivity index (χ4v) is 3.20. The standard InChI is InChI=1S/C16H10F3N3O5S.Na/c17-16(18,19)26-11-8-4-5-9-12(11)28(24,25)22-14(23)15-20-13(21-27-15)10-6-2-1-3-7-10;/h1-9H,(H,22,23);/q;+1. The van der Waals surface area contributed by atoms with Crippen molar-refractivity contribution < 1.29 is 65.2 Å². The summed E-state index contributed by atoms with van der Waals surface area (Å²) in [6.45, 7) is 0. The first-order valence-electron chi connectivity index (χ1n) is 7.47. The van der Waals surface area contributed by atoms with E-state index < -0.39 is 38.8 Å². The first kappa shape index (κ1) is 22.9. The van der Waals surface area contributed by atoms with E-state index in [0.717, 1.165) is 18.2 Å². The van der Waals surface area contributed by atoms with E-state index in [2.05, 4.69) is 14.9 Å². The van der Waals surface area contributed by atoms with E-state index in [1.807, 2.05) is 0 Å². The van der Waals surface area contributed by atoms with Crippen molar-refractivity contribution in [2.75, 3.05) is 0 Å². The molecule has 1 heterocycles. The van der Waals surface area contributed by atoms with Crippen molar-refractivity contribution >= 4 is 15.9 Å². The number of alkyl halides is 3. The number of nitrogens with zero attached hydrogens (tertiary/aromatic N) is 2. The molecule has 0 atom stereocenters. The van der Waals surface area contributed by atoms with Gasteiger partial charge in [-0.1, -0.05) is 47.6 Å². The second-order valence-electron chi connectivity index (χ2n) is 5.22. The summed E-state index contributed by atoms with van der Waals surface area (Å²) in [6.07, 6.45) is -5.12. The number of carbonyl (C=O) groups is 1. The van der Waals surface area contributed by atoms with Crippen molar-refractivity contribution in [3.8, 4) is 17.1 Å². The minimum Gasteiger partial charge on any atom is -0.404 e. The number of amides is 1. The third kappa shape index (κ3) is 5.79. The summed E-state index contributed by atoms with van der Waals surface area (Å²) >= 11 is 0. The van der Waals surface area contributed by atoms with Gasteiger partial charge in [0.15, 0.2) is 0 Å². The van der Waals surface area contributed by atoms with Crippen LogP contribution >= 0.6 is 0 Å². The predicted molar refractivity (Wildman–Crippen MR) is 87.5 cm³/mol.